The van der Waals surface area contributed by atoms with Crippen LogP contribution in [0.4, 0.5) is 0 Å². The first kappa shape index (κ1) is 26.8. The Balaban J connectivity index is 0.00000338. The summed E-state index contributed by atoms with van der Waals surface area (Å²) in [6.07, 6.45) is 7.02. The highest BCUT2D eigenvalue weighted by atomic mass is 16.0. The minimum atomic E-state index is 0. The molecule has 2 aliphatic heterocycles. The zero-order chi connectivity index (χ0) is 18.5. The smallest absolute Gasteiger partial charge is 0.0841 e. The molecule has 0 spiro atoms. The quantitative estimate of drug-likeness (QED) is 0.505. The highest BCUT2D eigenvalue weighted by molar-refractivity contribution is 4.77. The van der Waals surface area contributed by atoms with Crippen molar-refractivity contribution in [2.24, 2.45) is 23.7 Å². The van der Waals surface area contributed by atoms with Gasteiger partial charge in [0.05, 0.1) is 52.4 Å². The fraction of sp³-hybridized carbons (Fsp3) is 1.00. The van der Waals surface area contributed by atoms with Gasteiger partial charge in [-0.3, -0.25) is 0 Å². The van der Waals surface area contributed by atoms with E-state index in [4.69, 9.17) is 0 Å². The van der Waals surface area contributed by atoms with Gasteiger partial charge < -0.3 is 19.9 Å². The molecular formula is C23H50N2O2. The number of hydrogen-bond acceptors (Lipinski definition) is 2. The third-order valence-corrected chi connectivity index (χ3v) is 8.52. The molecule has 0 aromatic carbocycles. The second-order valence-electron chi connectivity index (χ2n) is 9.52. The molecule has 4 heteroatoms. The van der Waals surface area contributed by atoms with E-state index in [1.165, 1.54) is 93.4 Å². The van der Waals surface area contributed by atoms with E-state index in [0.29, 0.717) is 0 Å². The van der Waals surface area contributed by atoms with Crippen molar-refractivity contribution in [2.75, 3.05) is 52.4 Å². The van der Waals surface area contributed by atoms with Crippen LogP contribution >= 0.6 is 0 Å². The van der Waals surface area contributed by atoms with Crippen molar-refractivity contribution in [1.82, 2.24) is 0 Å². The monoisotopic (exact) mass is 386 g/mol. The highest BCUT2D eigenvalue weighted by Crippen LogP contribution is 2.36. The van der Waals surface area contributed by atoms with E-state index < -0.39 is 0 Å². The molecule has 2 saturated heterocycles. The van der Waals surface area contributed by atoms with Crippen LogP contribution in [0.2, 0.25) is 0 Å². The van der Waals surface area contributed by atoms with E-state index in [-0.39, 0.29) is 11.0 Å². The first-order valence-electron chi connectivity index (χ1n) is 11.7. The molecule has 0 aromatic rings. The van der Waals surface area contributed by atoms with Gasteiger partial charge >= 0.3 is 0 Å². The predicted molar refractivity (Wildman–Crippen MR) is 114 cm³/mol. The molecule has 2 aliphatic rings. The Bertz CT molecular complexity index is 342. The van der Waals surface area contributed by atoms with Gasteiger partial charge in [0, 0.05) is 30.1 Å². The molecule has 27 heavy (non-hydrogen) atoms. The Hall–Kier alpha value is -0.160. The topological polar surface area (TPSA) is 60.0 Å². The average Bonchev–Trinajstić information content (AvgIpc) is 3.20. The Kier molecular flexibility index (Phi) is 11.7. The van der Waals surface area contributed by atoms with Crippen molar-refractivity contribution in [2.45, 2.75) is 73.6 Å². The molecule has 2 heterocycles. The molecule has 4 nitrogen and oxygen atoms in total. The summed E-state index contributed by atoms with van der Waals surface area (Å²) in [5.74, 6) is 3.94. The molecule has 0 aliphatic carbocycles. The molecule has 0 radical (unpaired) electrons. The van der Waals surface area contributed by atoms with E-state index in [0.717, 1.165) is 23.7 Å². The first-order chi connectivity index (χ1) is 12.0. The van der Waals surface area contributed by atoms with Gasteiger partial charge in [-0.15, -0.1) is 0 Å². The molecule has 2 fully saturated rings. The minimum absolute atomic E-state index is 0. The second kappa shape index (κ2) is 11.7. The third kappa shape index (κ3) is 5.91. The van der Waals surface area contributed by atoms with Crippen LogP contribution in [-0.2, 0) is 0 Å². The van der Waals surface area contributed by atoms with Crippen molar-refractivity contribution in [3.63, 3.8) is 0 Å². The summed E-state index contributed by atoms with van der Waals surface area (Å²) >= 11 is 0. The summed E-state index contributed by atoms with van der Waals surface area (Å²) in [4.78, 5) is 0. The van der Waals surface area contributed by atoms with Crippen LogP contribution in [0.15, 0.2) is 0 Å². The normalized spacial score (nSPS) is 38.4. The number of nitrogens with zero attached hydrogens (tertiary/aromatic N) is 2. The molecule has 4 unspecified atom stereocenters. The Morgan fingerprint density at radius 3 is 0.963 bits per heavy atom. The van der Waals surface area contributed by atoms with Gasteiger partial charge in [0.15, 0.2) is 0 Å². The lowest BCUT2D eigenvalue weighted by atomic mass is 9.92. The summed E-state index contributed by atoms with van der Waals surface area (Å²) in [5, 5.41) is 0. The maximum atomic E-state index is 2.45. The molecule has 0 aromatic heterocycles. The van der Waals surface area contributed by atoms with Crippen LogP contribution in [0.1, 0.15) is 73.6 Å². The summed E-state index contributed by atoms with van der Waals surface area (Å²) in [5.41, 5.74) is 0. The second-order valence-corrected chi connectivity index (χ2v) is 9.52. The lowest BCUT2D eigenvalue weighted by molar-refractivity contribution is -0.936. The van der Waals surface area contributed by atoms with Gasteiger partial charge in [0.2, 0.25) is 0 Å². The zero-order valence-electron chi connectivity index (χ0n) is 19.3. The Labute approximate surface area is 170 Å². The molecule has 2 rings (SSSR count). The van der Waals surface area contributed by atoms with E-state index in [1.807, 2.05) is 0 Å². The Morgan fingerprint density at radius 2 is 0.778 bits per heavy atom. The van der Waals surface area contributed by atoms with Crippen LogP contribution in [0, 0.1) is 23.7 Å². The van der Waals surface area contributed by atoms with Gasteiger partial charge in [-0.05, 0) is 39.5 Å². The molecule has 0 amide bonds. The number of likely N-dealkylation sites (tertiary alicyclic amines) is 2. The van der Waals surface area contributed by atoms with Crippen LogP contribution in [-0.4, -0.2) is 72.3 Å². The fourth-order valence-corrected chi connectivity index (χ4v) is 6.52. The van der Waals surface area contributed by atoms with Gasteiger partial charge in [0.1, 0.15) is 0 Å². The van der Waals surface area contributed by atoms with Crippen molar-refractivity contribution >= 4 is 0 Å². The number of rotatable bonds is 10. The van der Waals surface area contributed by atoms with Gasteiger partial charge in [-0.25, -0.2) is 0 Å². The van der Waals surface area contributed by atoms with Crippen molar-refractivity contribution in [3.05, 3.63) is 0 Å². The summed E-state index contributed by atoms with van der Waals surface area (Å²) in [6, 6.07) is 0. The number of hydrogen-bond donors (Lipinski definition) is 0. The van der Waals surface area contributed by atoms with Crippen molar-refractivity contribution in [3.8, 4) is 0 Å². The molecule has 0 bridgehead atoms. The molecule has 4 atom stereocenters. The summed E-state index contributed by atoms with van der Waals surface area (Å²) in [6.45, 7) is 26.0. The van der Waals surface area contributed by atoms with Crippen molar-refractivity contribution in [1.29, 1.82) is 0 Å². The zero-order valence-corrected chi connectivity index (χ0v) is 19.3. The molecule has 164 valence electrons. The molecule has 0 saturated carbocycles. The predicted octanol–water partition coefficient (Wildman–Crippen LogP) is 4.83. The largest absolute Gasteiger partial charge is 0.870 e. The van der Waals surface area contributed by atoms with E-state index in [1.54, 1.807) is 0 Å². The van der Waals surface area contributed by atoms with Crippen LogP contribution < -0.4 is 0 Å². The van der Waals surface area contributed by atoms with Crippen LogP contribution in [0.25, 0.3) is 0 Å². The SMILES string of the molecule is CCC1C[N+](CC)(CCC[N+]2(CC)CC(CC)C(CC)C2)CC1CC.[OH-].[OH-]. The van der Waals surface area contributed by atoms with Gasteiger partial charge in [-0.2, -0.15) is 0 Å². The lowest BCUT2D eigenvalue weighted by Gasteiger charge is -2.37. The first-order valence-corrected chi connectivity index (χ1v) is 11.7. The maximum Gasteiger partial charge on any atom is 0.0841 e. The molecular weight excluding hydrogens is 336 g/mol. The standard InChI is InChI=1S/C23H48N2.2H2O/c1-7-20-16-24(11-5,17-21(20)8-2)14-13-15-25(12-6)18-22(9-3)23(10-4)19-25;;/h20-23H,7-19H2,1-6H3;2*1H2/q+2;;/p-2. The van der Waals surface area contributed by atoms with Crippen molar-refractivity contribution < 1.29 is 19.9 Å². The fourth-order valence-electron chi connectivity index (χ4n) is 6.52. The lowest BCUT2D eigenvalue weighted by Crippen LogP contribution is -2.51. The third-order valence-electron chi connectivity index (χ3n) is 8.52. The minimum Gasteiger partial charge on any atom is -0.870 e. The maximum absolute atomic E-state index is 2.45. The number of quaternary nitrogens is 2. The van der Waals surface area contributed by atoms with E-state index >= 15 is 0 Å². The average molecular weight is 387 g/mol. The Morgan fingerprint density at radius 1 is 0.519 bits per heavy atom. The van der Waals surface area contributed by atoms with Crippen LogP contribution in [0.5, 0.6) is 0 Å². The van der Waals surface area contributed by atoms with Gasteiger partial charge in [-0.1, -0.05) is 27.7 Å². The van der Waals surface area contributed by atoms with Gasteiger partial charge in [0.25, 0.3) is 0 Å². The highest BCUT2D eigenvalue weighted by Gasteiger charge is 2.45. The van der Waals surface area contributed by atoms with E-state index in [2.05, 4.69) is 41.5 Å². The van der Waals surface area contributed by atoms with E-state index in [9.17, 15) is 0 Å². The molecule has 2 N–H and O–H groups in total. The summed E-state index contributed by atoms with van der Waals surface area (Å²) < 4.78 is 2.85. The van der Waals surface area contributed by atoms with Crippen LogP contribution in [0.3, 0.4) is 0 Å². The summed E-state index contributed by atoms with van der Waals surface area (Å²) in [7, 11) is 0.